The minimum absolute atomic E-state index is 0.0925. The second-order valence-electron chi connectivity index (χ2n) is 10.9. The van der Waals surface area contributed by atoms with Crippen LogP contribution in [0.5, 0.6) is 5.88 Å². The summed E-state index contributed by atoms with van der Waals surface area (Å²) in [6.07, 6.45) is 5.15. The number of carbonyl (C=O) groups excluding carboxylic acids is 1. The number of esters is 1. The first-order valence-electron chi connectivity index (χ1n) is 13.1. The molecule has 0 aliphatic carbocycles. The summed E-state index contributed by atoms with van der Waals surface area (Å²) in [5.74, 6) is -0.786. The van der Waals surface area contributed by atoms with Crippen molar-refractivity contribution < 1.29 is 22.1 Å². The molecule has 4 rings (SSSR count). The molecule has 3 heterocycles. The highest BCUT2D eigenvalue weighted by atomic mass is 32.2. The molecule has 0 atom stereocenters. The molecule has 0 unspecified atom stereocenters. The molecular weight excluding hydrogens is 562 g/mol. The highest BCUT2D eigenvalue weighted by Crippen LogP contribution is 2.23. The quantitative estimate of drug-likeness (QED) is 0.142. The Balaban J connectivity index is 1.73. The highest BCUT2D eigenvalue weighted by molar-refractivity contribution is 7.87. The Morgan fingerprint density at radius 3 is 2.44 bits per heavy atom. The molecule has 0 saturated carbocycles. The van der Waals surface area contributed by atoms with Gasteiger partial charge >= 0.3 is 16.1 Å². The number of carbonyl (C=O) groups is 1. The van der Waals surface area contributed by atoms with Crippen LogP contribution in [0.2, 0.25) is 0 Å². The molecule has 1 aromatic carbocycles. The third-order valence-electron chi connectivity index (χ3n) is 5.97. The monoisotopic (exact) mass is 595 g/mol. The lowest BCUT2D eigenvalue weighted by molar-refractivity contribution is -0.148. The highest BCUT2D eigenvalue weighted by Gasteiger charge is 2.23. The number of benzene rings is 1. The van der Waals surface area contributed by atoms with Crippen molar-refractivity contribution in [2.45, 2.75) is 70.8 Å². The molecule has 0 saturated heterocycles. The van der Waals surface area contributed by atoms with Gasteiger partial charge in [0.1, 0.15) is 21.7 Å². The van der Waals surface area contributed by atoms with Crippen LogP contribution in [-0.4, -0.2) is 34.4 Å². The first kappa shape index (κ1) is 30.1. The van der Waals surface area contributed by atoms with E-state index in [-0.39, 0.29) is 16.1 Å². The van der Waals surface area contributed by atoms with E-state index >= 15 is 0 Å². The fourth-order valence-electron chi connectivity index (χ4n) is 3.84. The van der Waals surface area contributed by atoms with Crippen molar-refractivity contribution in [1.82, 2.24) is 14.4 Å². The summed E-state index contributed by atoms with van der Waals surface area (Å²) < 4.78 is 38.2. The summed E-state index contributed by atoms with van der Waals surface area (Å²) >= 11 is 1.61. The maximum Gasteiger partial charge on any atom is 0.340 e. The van der Waals surface area contributed by atoms with Gasteiger partial charge < -0.3 is 8.92 Å². The van der Waals surface area contributed by atoms with E-state index in [1.807, 2.05) is 6.92 Å². The molecule has 3 aromatic heterocycles. The topological polar surface area (TPSA) is 117 Å². The van der Waals surface area contributed by atoms with Crippen molar-refractivity contribution >= 4 is 39.1 Å². The molecule has 0 bridgehead atoms. The van der Waals surface area contributed by atoms with E-state index in [0.29, 0.717) is 18.8 Å². The summed E-state index contributed by atoms with van der Waals surface area (Å²) in [6, 6.07) is 9.62. The van der Waals surface area contributed by atoms with Crippen molar-refractivity contribution in [3.05, 3.63) is 91.8 Å². The number of nitrogens with zero attached hydrogens (tertiary/aromatic N) is 3. The van der Waals surface area contributed by atoms with Crippen LogP contribution in [0.3, 0.4) is 0 Å². The Labute approximate surface area is 243 Å². The Kier molecular flexibility index (Phi) is 8.79. The molecule has 4 aromatic rings. The molecule has 0 aliphatic rings. The van der Waals surface area contributed by atoms with Crippen LogP contribution < -0.4 is 9.74 Å². The lowest BCUT2D eigenvalue weighted by Crippen LogP contribution is -2.23. The summed E-state index contributed by atoms with van der Waals surface area (Å²) in [5.41, 5.74) is 1.47. The SMILES string of the molecule is Cc1ccc(S(=O)(=O)Oc2nc3cc(CCc4nc(C(C)C)cs4)ccn3c(=O)c2/C=C/C(=O)OC(C)(C)C)cc1. The van der Waals surface area contributed by atoms with Crippen LogP contribution >= 0.6 is 11.3 Å². The number of aromatic nitrogens is 3. The van der Waals surface area contributed by atoms with E-state index in [1.165, 1.54) is 22.6 Å². The van der Waals surface area contributed by atoms with Gasteiger partial charge in [0, 0.05) is 24.1 Å². The van der Waals surface area contributed by atoms with Gasteiger partial charge in [0.2, 0.25) is 5.88 Å². The van der Waals surface area contributed by atoms with E-state index < -0.39 is 33.1 Å². The lowest BCUT2D eigenvalue weighted by atomic mass is 10.1. The van der Waals surface area contributed by atoms with Gasteiger partial charge in [-0.05, 0) is 75.9 Å². The molecule has 0 fully saturated rings. The Morgan fingerprint density at radius 1 is 1.10 bits per heavy atom. The standard InChI is InChI=1S/C30H33N3O6S2/c1-19(2)24-18-40-26(31-24)13-9-21-15-16-33-25(17-21)32-28(39-41(36,37)22-10-7-20(3)8-11-22)23(29(33)35)12-14-27(34)38-30(4,5)6/h7-8,10-12,14-19H,9,13H2,1-6H3/b14-12+. The van der Waals surface area contributed by atoms with E-state index in [0.717, 1.165) is 27.9 Å². The molecule has 0 aliphatic heterocycles. The molecule has 11 heteroatoms. The minimum atomic E-state index is -4.33. The van der Waals surface area contributed by atoms with E-state index in [2.05, 4.69) is 29.2 Å². The summed E-state index contributed by atoms with van der Waals surface area (Å²) in [6.45, 7) is 11.2. The summed E-state index contributed by atoms with van der Waals surface area (Å²) in [7, 11) is -4.33. The van der Waals surface area contributed by atoms with E-state index in [1.54, 1.807) is 62.6 Å². The van der Waals surface area contributed by atoms with Crippen LogP contribution in [0.4, 0.5) is 0 Å². The fraction of sp³-hybridized carbons (Fsp3) is 0.333. The zero-order valence-electron chi connectivity index (χ0n) is 23.9. The maximum atomic E-state index is 13.5. The lowest BCUT2D eigenvalue weighted by Gasteiger charge is -2.18. The summed E-state index contributed by atoms with van der Waals surface area (Å²) in [4.78, 5) is 34.8. The second-order valence-corrected chi connectivity index (χ2v) is 13.4. The van der Waals surface area contributed by atoms with Gasteiger partial charge in [-0.3, -0.25) is 9.20 Å². The smallest absolute Gasteiger partial charge is 0.340 e. The average molecular weight is 596 g/mol. The van der Waals surface area contributed by atoms with Gasteiger partial charge in [0.25, 0.3) is 5.56 Å². The third-order valence-corrected chi connectivity index (χ3v) is 8.13. The average Bonchev–Trinajstić information content (AvgIpc) is 3.36. The van der Waals surface area contributed by atoms with Gasteiger partial charge in [-0.1, -0.05) is 31.5 Å². The number of hydrogen-bond acceptors (Lipinski definition) is 9. The van der Waals surface area contributed by atoms with Crippen LogP contribution in [0.15, 0.2) is 63.7 Å². The van der Waals surface area contributed by atoms with E-state index in [4.69, 9.17) is 8.92 Å². The van der Waals surface area contributed by atoms with Crippen LogP contribution in [0.1, 0.15) is 67.9 Å². The number of aryl methyl sites for hydroxylation is 3. The minimum Gasteiger partial charge on any atom is -0.457 e. The number of ether oxygens (including phenoxy) is 1. The van der Waals surface area contributed by atoms with Crippen molar-refractivity contribution in [2.24, 2.45) is 0 Å². The predicted octanol–water partition coefficient (Wildman–Crippen LogP) is 5.49. The zero-order valence-corrected chi connectivity index (χ0v) is 25.5. The molecular formula is C30H33N3O6S2. The Bertz CT molecular complexity index is 1760. The van der Waals surface area contributed by atoms with Crippen molar-refractivity contribution in [2.75, 3.05) is 0 Å². The number of thiazole rings is 1. The molecule has 9 nitrogen and oxygen atoms in total. The molecule has 0 spiro atoms. The largest absolute Gasteiger partial charge is 0.457 e. The van der Waals surface area contributed by atoms with Gasteiger partial charge in [-0.25, -0.2) is 9.78 Å². The fourth-order valence-corrected chi connectivity index (χ4v) is 5.70. The number of fused-ring (bicyclic) bond motifs is 1. The van der Waals surface area contributed by atoms with Crippen molar-refractivity contribution in [3.8, 4) is 5.88 Å². The third kappa shape index (κ3) is 7.68. The van der Waals surface area contributed by atoms with Gasteiger partial charge in [-0.2, -0.15) is 13.4 Å². The summed E-state index contributed by atoms with van der Waals surface area (Å²) in [5, 5.41) is 3.07. The Morgan fingerprint density at radius 2 is 1.80 bits per heavy atom. The van der Waals surface area contributed by atoms with Crippen molar-refractivity contribution in [3.63, 3.8) is 0 Å². The number of rotatable bonds is 9. The van der Waals surface area contributed by atoms with Gasteiger partial charge in [0.15, 0.2) is 0 Å². The molecule has 0 N–H and O–H groups in total. The first-order chi connectivity index (χ1) is 19.2. The first-order valence-corrected chi connectivity index (χ1v) is 15.4. The normalized spacial score (nSPS) is 12.4. The van der Waals surface area contributed by atoms with Crippen LogP contribution in [0.25, 0.3) is 11.7 Å². The molecule has 216 valence electrons. The maximum absolute atomic E-state index is 13.5. The molecule has 0 radical (unpaired) electrons. The number of hydrogen-bond donors (Lipinski definition) is 0. The predicted molar refractivity (Wildman–Crippen MR) is 159 cm³/mol. The van der Waals surface area contributed by atoms with Crippen LogP contribution in [-0.2, 0) is 32.5 Å². The number of pyridine rings is 1. The van der Waals surface area contributed by atoms with Gasteiger partial charge in [-0.15, -0.1) is 11.3 Å². The van der Waals surface area contributed by atoms with Gasteiger partial charge in [0.05, 0.1) is 10.7 Å². The zero-order chi connectivity index (χ0) is 29.9. The Hall–Kier alpha value is -3.83. The molecule has 0 amide bonds. The van der Waals surface area contributed by atoms with Crippen LogP contribution in [0, 0.1) is 6.92 Å². The van der Waals surface area contributed by atoms with Crippen molar-refractivity contribution in [1.29, 1.82) is 0 Å². The van der Waals surface area contributed by atoms with E-state index in [9.17, 15) is 18.0 Å². The molecule has 41 heavy (non-hydrogen) atoms. The second kappa shape index (κ2) is 12.0.